The van der Waals surface area contributed by atoms with Crippen LogP contribution in [0.1, 0.15) is 40.2 Å². The highest BCUT2D eigenvalue weighted by molar-refractivity contribution is 8.00. The third-order valence-corrected chi connectivity index (χ3v) is 4.12. The Morgan fingerprint density at radius 3 is 2.41 bits per heavy atom. The lowest BCUT2D eigenvalue weighted by Crippen LogP contribution is -2.29. The van der Waals surface area contributed by atoms with Gasteiger partial charge in [0.15, 0.2) is 0 Å². The minimum absolute atomic E-state index is 0.0537. The quantitative estimate of drug-likeness (QED) is 0.583. The Hall–Kier alpha value is -1.00. The van der Waals surface area contributed by atoms with Gasteiger partial charge in [0.05, 0.1) is 12.4 Å². The molecular formula is C18H29NO2S. The first-order chi connectivity index (χ1) is 10.3. The van der Waals surface area contributed by atoms with E-state index in [9.17, 15) is 4.79 Å². The Kier molecular flexibility index (Phi) is 7.97. The van der Waals surface area contributed by atoms with E-state index in [4.69, 9.17) is 4.74 Å². The van der Waals surface area contributed by atoms with E-state index in [1.165, 1.54) is 5.56 Å². The van der Waals surface area contributed by atoms with Gasteiger partial charge >= 0.3 is 0 Å². The zero-order valence-electron chi connectivity index (χ0n) is 14.4. The van der Waals surface area contributed by atoms with Crippen LogP contribution in [0.25, 0.3) is 0 Å². The number of carbonyl (C=O) groups is 1. The van der Waals surface area contributed by atoms with Crippen LogP contribution in [0.2, 0.25) is 0 Å². The number of nitrogens with one attached hydrogen (secondary N) is 1. The topological polar surface area (TPSA) is 38.3 Å². The van der Waals surface area contributed by atoms with Gasteiger partial charge < -0.3 is 10.1 Å². The molecule has 0 heterocycles. The number of carbonyl (C=O) groups excluding carboxylic acids is 1. The number of thioether (sulfide) groups is 1. The molecule has 1 aromatic rings. The van der Waals surface area contributed by atoms with Crippen LogP contribution < -0.4 is 5.32 Å². The molecule has 0 aromatic heterocycles. The lowest BCUT2D eigenvalue weighted by atomic mass is 9.87. The van der Waals surface area contributed by atoms with Crippen molar-refractivity contribution in [2.75, 3.05) is 25.5 Å². The smallest absolute Gasteiger partial charge is 0.230 e. The van der Waals surface area contributed by atoms with Crippen LogP contribution in [-0.2, 0) is 14.9 Å². The van der Waals surface area contributed by atoms with Crippen LogP contribution in [-0.4, -0.2) is 31.4 Å². The number of benzene rings is 1. The predicted molar refractivity (Wildman–Crippen MR) is 94.5 cm³/mol. The maximum Gasteiger partial charge on any atom is 0.230 e. The molecule has 0 bridgehead atoms. The molecule has 0 aliphatic rings. The van der Waals surface area contributed by atoms with Gasteiger partial charge in [0.1, 0.15) is 0 Å². The number of amides is 1. The van der Waals surface area contributed by atoms with Gasteiger partial charge in [-0.15, -0.1) is 11.8 Å². The van der Waals surface area contributed by atoms with Crippen LogP contribution in [0.3, 0.4) is 0 Å². The highest BCUT2D eigenvalue weighted by atomic mass is 32.2. The van der Waals surface area contributed by atoms with Gasteiger partial charge in [0, 0.05) is 18.0 Å². The second-order valence-corrected chi connectivity index (χ2v) is 7.93. The van der Waals surface area contributed by atoms with Gasteiger partial charge in [0.25, 0.3) is 0 Å². The average Bonchev–Trinajstić information content (AvgIpc) is 2.44. The third kappa shape index (κ3) is 7.85. The van der Waals surface area contributed by atoms with Crippen molar-refractivity contribution >= 4 is 17.7 Å². The molecule has 3 nitrogen and oxygen atoms in total. The summed E-state index contributed by atoms with van der Waals surface area (Å²) in [4.78, 5) is 12.9. The predicted octanol–water partition coefficient (Wildman–Crippen LogP) is 3.87. The van der Waals surface area contributed by atoms with Crippen LogP contribution in [0, 0.1) is 5.92 Å². The summed E-state index contributed by atoms with van der Waals surface area (Å²) in [6.45, 7) is 12.7. The van der Waals surface area contributed by atoms with E-state index in [-0.39, 0.29) is 11.3 Å². The maximum absolute atomic E-state index is 11.8. The van der Waals surface area contributed by atoms with Crippen molar-refractivity contribution in [1.29, 1.82) is 0 Å². The average molecular weight is 324 g/mol. The molecule has 0 radical (unpaired) electrons. The first-order valence-corrected chi connectivity index (χ1v) is 8.85. The zero-order chi connectivity index (χ0) is 16.6. The van der Waals surface area contributed by atoms with Gasteiger partial charge in [-0.3, -0.25) is 4.79 Å². The summed E-state index contributed by atoms with van der Waals surface area (Å²) in [7, 11) is 0. The molecule has 0 unspecified atom stereocenters. The Balaban J connectivity index is 2.24. The molecule has 1 rings (SSSR count). The summed E-state index contributed by atoms with van der Waals surface area (Å²) in [5.41, 5.74) is 1.47. The number of rotatable bonds is 8. The molecule has 0 atom stereocenters. The van der Waals surface area contributed by atoms with Crippen LogP contribution in [0.15, 0.2) is 29.2 Å². The number of hydrogen-bond acceptors (Lipinski definition) is 3. The Morgan fingerprint density at radius 2 is 1.86 bits per heavy atom. The maximum atomic E-state index is 11.8. The van der Waals surface area contributed by atoms with E-state index in [0.717, 1.165) is 11.5 Å². The van der Waals surface area contributed by atoms with Crippen molar-refractivity contribution in [2.24, 2.45) is 5.92 Å². The standard InChI is InChI=1S/C18H29NO2S/c1-14(2)12-21-11-10-19-17(20)13-22-16-8-6-15(7-9-16)18(3,4)5/h6-9,14H,10-13H2,1-5H3,(H,19,20). The molecule has 0 saturated carbocycles. The molecule has 1 N–H and O–H groups in total. The summed E-state index contributed by atoms with van der Waals surface area (Å²) >= 11 is 1.56. The molecule has 124 valence electrons. The fourth-order valence-electron chi connectivity index (χ4n) is 1.83. The van der Waals surface area contributed by atoms with Crippen molar-refractivity contribution in [2.45, 2.75) is 44.9 Å². The fraction of sp³-hybridized carbons (Fsp3) is 0.611. The minimum Gasteiger partial charge on any atom is -0.379 e. The Labute approximate surface area is 139 Å². The van der Waals surface area contributed by atoms with E-state index in [0.29, 0.717) is 24.8 Å². The van der Waals surface area contributed by atoms with E-state index in [1.807, 2.05) is 0 Å². The third-order valence-electron chi connectivity index (χ3n) is 3.11. The van der Waals surface area contributed by atoms with Crippen molar-refractivity contribution in [1.82, 2.24) is 5.32 Å². The second-order valence-electron chi connectivity index (χ2n) is 6.88. The fourth-order valence-corrected chi connectivity index (χ4v) is 2.56. The molecule has 0 saturated heterocycles. The van der Waals surface area contributed by atoms with E-state index >= 15 is 0 Å². The summed E-state index contributed by atoms with van der Waals surface area (Å²) in [6, 6.07) is 8.45. The van der Waals surface area contributed by atoms with Crippen molar-refractivity contribution in [3.63, 3.8) is 0 Å². The molecule has 22 heavy (non-hydrogen) atoms. The molecular weight excluding hydrogens is 294 g/mol. The SMILES string of the molecule is CC(C)COCCNC(=O)CSc1ccc(C(C)(C)C)cc1. The van der Waals surface area contributed by atoms with E-state index in [2.05, 4.69) is 64.2 Å². The minimum atomic E-state index is 0.0537. The van der Waals surface area contributed by atoms with Crippen molar-refractivity contribution in [3.05, 3.63) is 29.8 Å². The lowest BCUT2D eigenvalue weighted by Gasteiger charge is -2.19. The Morgan fingerprint density at radius 1 is 1.23 bits per heavy atom. The zero-order valence-corrected chi connectivity index (χ0v) is 15.3. The molecule has 0 aliphatic heterocycles. The molecule has 0 fully saturated rings. The molecule has 0 aliphatic carbocycles. The molecule has 4 heteroatoms. The van der Waals surface area contributed by atoms with Crippen molar-refractivity contribution < 1.29 is 9.53 Å². The first kappa shape index (κ1) is 19.0. The Bertz CT molecular complexity index is 449. The molecule has 1 aromatic carbocycles. The summed E-state index contributed by atoms with van der Waals surface area (Å²) in [5.74, 6) is 1.03. The van der Waals surface area contributed by atoms with Gasteiger partial charge in [-0.1, -0.05) is 46.8 Å². The molecule has 1 amide bonds. The van der Waals surface area contributed by atoms with E-state index < -0.39 is 0 Å². The van der Waals surface area contributed by atoms with Gasteiger partial charge in [-0.2, -0.15) is 0 Å². The first-order valence-electron chi connectivity index (χ1n) is 7.87. The lowest BCUT2D eigenvalue weighted by molar-refractivity contribution is -0.118. The summed E-state index contributed by atoms with van der Waals surface area (Å²) in [6.07, 6.45) is 0. The van der Waals surface area contributed by atoms with Gasteiger partial charge in [-0.05, 0) is 29.0 Å². The molecule has 0 spiro atoms. The van der Waals surface area contributed by atoms with Crippen LogP contribution >= 0.6 is 11.8 Å². The largest absolute Gasteiger partial charge is 0.379 e. The normalized spacial score (nSPS) is 11.7. The highest BCUT2D eigenvalue weighted by Gasteiger charge is 2.13. The number of hydrogen-bond donors (Lipinski definition) is 1. The summed E-state index contributed by atoms with van der Waals surface area (Å²) in [5, 5.41) is 2.88. The number of ether oxygens (including phenoxy) is 1. The van der Waals surface area contributed by atoms with Gasteiger partial charge in [0.2, 0.25) is 5.91 Å². The van der Waals surface area contributed by atoms with Crippen LogP contribution in [0.5, 0.6) is 0 Å². The van der Waals surface area contributed by atoms with Gasteiger partial charge in [-0.25, -0.2) is 0 Å². The van der Waals surface area contributed by atoms with Crippen LogP contribution in [0.4, 0.5) is 0 Å². The second kappa shape index (κ2) is 9.21. The monoisotopic (exact) mass is 323 g/mol. The highest BCUT2D eigenvalue weighted by Crippen LogP contribution is 2.25. The van der Waals surface area contributed by atoms with E-state index in [1.54, 1.807) is 11.8 Å². The summed E-state index contributed by atoms with van der Waals surface area (Å²) < 4.78 is 5.43. The van der Waals surface area contributed by atoms with Crippen molar-refractivity contribution in [3.8, 4) is 0 Å².